The number of fused-ring (bicyclic) bond motifs is 6. The molecule has 0 saturated carbocycles. The highest BCUT2D eigenvalue weighted by molar-refractivity contribution is 5.92. The minimum atomic E-state index is 0.354. The Morgan fingerprint density at radius 2 is 0.857 bits per heavy atom. The molecule has 12 bridgehead atoms. The summed E-state index contributed by atoms with van der Waals surface area (Å²) in [5, 5.41) is 5.63. The highest BCUT2D eigenvalue weighted by atomic mass is 16.5. The van der Waals surface area contributed by atoms with Crippen LogP contribution in [-0.2, 0) is 0 Å². The number of aromatic nitrogens is 2. The molecular weight excluding hydrogens is 701 g/mol. The molecule has 0 amide bonds. The zero-order valence-corrected chi connectivity index (χ0v) is 29.9. The van der Waals surface area contributed by atoms with Gasteiger partial charge in [0.15, 0.2) is 0 Å². The highest BCUT2D eigenvalue weighted by Crippen LogP contribution is 2.39. The topological polar surface area (TPSA) is 81.2 Å². The van der Waals surface area contributed by atoms with E-state index in [0.29, 0.717) is 76.6 Å². The lowest BCUT2D eigenvalue weighted by molar-refractivity contribution is 0.395. The standard InChI is InChI=1S/C48H32N2O6/c1-4-18-39-32(12-1)26-37-29-42(39)52-35-16-7-14-34(15-8-17-35)51-36-25-31-11-2-5-19-40(31)43(28-36)55-47-23-10-22-46(50-47)54-38-27-33-13-3-6-20-41(33)44(30-38)56-48-24-9-21-45(49-48)53-37/h1-7,9-14,16-30H,8,15H2. The first kappa shape index (κ1) is 33.0. The average molecular weight is 733 g/mol. The van der Waals surface area contributed by atoms with E-state index in [9.17, 15) is 0 Å². The van der Waals surface area contributed by atoms with Crippen molar-refractivity contribution in [2.24, 2.45) is 0 Å². The third kappa shape index (κ3) is 6.95. The number of ether oxygens (including phenoxy) is 6. The Labute approximate surface area is 322 Å². The zero-order valence-electron chi connectivity index (χ0n) is 29.9. The smallest absolute Gasteiger partial charge is 0.222 e. The fourth-order valence-corrected chi connectivity index (χ4v) is 6.86. The van der Waals surface area contributed by atoms with E-state index in [4.69, 9.17) is 38.4 Å². The Morgan fingerprint density at radius 1 is 0.411 bits per heavy atom. The summed E-state index contributed by atoms with van der Waals surface area (Å²) in [5.41, 5.74) is 0. The molecule has 6 aromatic carbocycles. The van der Waals surface area contributed by atoms with Crippen molar-refractivity contribution in [1.29, 1.82) is 0 Å². The molecule has 4 heterocycles. The second-order valence-electron chi connectivity index (χ2n) is 13.3. The van der Waals surface area contributed by atoms with Gasteiger partial charge in [-0.2, -0.15) is 9.97 Å². The summed E-state index contributed by atoms with van der Waals surface area (Å²) in [6, 6.07) is 46.4. The molecule has 2 aromatic heterocycles. The molecule has 3 aliphatic rings. The molecule has 0 atom stereocenters. The molecule has 0 fully saturated rings. The molecule has 1 aliphatic carbocycles. The quantitative estimate of drug-likeness (QED) is 0.152. The summed E-state index contributed by atoms with van der Waals surface area (Å²) in [4.78, 5) is 9.44. The van der Waals surface area contributed by atoms with Gasteiger partial charge < -0.3 is 28.4 Å². The summed E-state index contributed by atoms with van der Waals surface area (Å²) < 4.78 is 38.7. The molecule has 8 aromatic rings. The van der Waals surface area contributed by atoms with Crippen LogP contribution < -0.4 is 28.4 Å². The molecule has 0 unspecified atom stereocenters. The van der Waals surface area contributed by atoms with Gasteiger partial charge in [-0.15, -0.1) is 0 Å². The maximum Gasteiger partial charge on any atom is 0.222 e. The lowest BCUT2D eigenvalue weighted by Gasteiger charge is -2.16. The number of hydrogen-bond acceptors (Lipinski definition) is 8. The van der Waals surface area contributed by atoms with Gasteiger partial charge in [-0.3, -0.25) is 0 Å². The van der Waals surface area contributed by atoms with Crippen molar-refractivity contribution in [3.05, 3.63) is 181 Å². The van der Waals surface area contributed by atoms with Crippen LogP contribution in [0.1, 0.15) is 12.8 Å². The molecule has 0 saturated heterocycles. The van der Waals surface area contributed by atoms with E-state index in [-0.39, 0.29) is 0 Å². The Hall–Kier alpha value is -7.58. The van der Waals surface area contributed by atoms with Crippen molar-refractivity contribution >= 4 is 32.3 Å². The molecule has 56 heavy (non-hydrogen) atoms. The minimum Gasteiger partial charge on any atom is -0.462 e. The van der Waals surface area contributed by atoms with Gasteiger partial charge in [-0.25, -0.2) is 0 Å². The Morgan fingerprint density at radius 3 is 1.38 bits per heavy atom. The predicted octanol–water partition coefficient (Wildman–Crippen LogP) is 13.0. The Kier molecular flexibility index (Phi) is 8.46. The van der Waals surface area contributed by atoms with Crippen LogP contribution in [0.5, 0.6) is 58.0 Å². The van der Waals surface area contributed by atoms with Gasteiger partial charge in [0.05, 0.1) is 0 Å². The van der Waals surface area contributed by atoms with Gasteiger partial charge in [0, 0.05) is 65.0 Å². The third-order valence-corrected chi connectivity index (χ3v) is 9.42. The van der Waals surface area contributed by atoms with Crippen molar-refractivity contribution < 1.29 is 28.4 Å². The van der Waals surface area contributed by atoms with Crippen molar-refractivity contribution in [3.63, 3.8) is 0 Å². The first-order chi connectivity index (χ1) is 27.6. The van der Waals surface area contributed by atoms with Gasteiger partial charge in [-0.05, 0) is 59.0 Å². The third-order valence-electron chi connectivity index (χ3n) is 9.42. The summed E-state index contributed by atoms with van der Waals surface area (Å²) >= 11 is 0. The van der Waals surface area contributed by atoms with Crippen LogP contribution in [-0.4, -0.2) is 9.97 Å². The maximum absolute atomic E-state index is 6.56. The predicted molar refractivity (Wildman–Crippen MR) is 216 cm³/mol. The summed E-state index contributed by atoms with van der Waals surface area (Å²) in [5.74, 6) is 6.55. The lowest BCUT2D eigenvalue weighted by Crippen LogP contribution is -2.00. The second kappa shape index (κ2) is 14.3. The molecule has 8 heteroatoms. The van der Waals surface area contributed by atoms with Gasteiger partial charge in [0.25, 0.3) is 0 Å². The van der Waals surface area contributed by atoms with Gasteiger partial charge in [0.1, 0.15) is 46.0 Å². The minimum absolute atomic E-state index is 0.354. The molecule has 0 N–H and O–H groups in total. The van der Waals surface area contributed by atoms with E-state index >= 15 is 0 Å². The van der Waals surface area contributed by atoms with Crippen molar-refractivity contribution in [1.82, 2.24) is 9.97 Å². The van der Waals surface area contributed by atoms with Gasteiger partial charge in [-0.1, -0.05) is 91.0 Å². The fourth-order valence-electron chi connectivity index (χ4n) is 6.86. The van der Waals surface area contributed by atoms with Gasteiger partial charge in [0.2, 0.25) is 23.5 Å². The largest absolute Gasteiger partial charge is 0.462 e. The Bertz CT molecular complexity index is 2900. The lowest BCUT2D eigenvalue weighted by atomic mass is 10.1. The average Bonchev–Trinajstić information content (AvgIpc) is 3.20. The van der Waals surface area contributed by atoms with E-state index in [1.807, 2.05) is 140 Å². The van der Waals surface area contributed by atoms with Crippen molar-refractivity contribution in [3.8, 4) is 58.0 Å². The monoisotopic (exact) mass is 732 g/mol. The molecule has 11 rings (SSSR count). The number of rotatable bonds is 0. The van der Waals surface area contributed by atoms with Crippen molar-refractivity contribution in [2.45, 2.75) is 12.8 Å². The number of pyridine rings is 2. The number of allylic oxidation sites excluding steroid dienone is 5. The number of nitrogens with zero attached hydrogens (tertiary/aromatic N) is 2. The summed E-state index contributed by atoms with van der Waals surface area (Å²) in [6.07, 6.45) is 9.26. The number of hydrogen-bond donors (Lipinski definition) is 0. The van der Waals surface area contributed by atoms with Crippen LogP contribution in [0.15, 0.2) is 181 Å². The number of benzene rings is 6. The van der Waals surface area contributed by atoms with Gasteiger partial charge >= 0.3 is 0 Å². The fraction of sp³-hybridized carbons (Fsp3) is 0.0417. The van der Waals surface area contributed by atoms with Crippen molar-refractivity contribution in [2.75, 3.05) is 0 Å². The first-order valence-electron chi connectivity index (χ1n) is 18.3. The van der Waals surface area contributed by atoms with Crippen LogP contribution >= 0.6 is 0 Å². The molecule has 2 aliphatic heterocycles. The van der Waals surface area contributed by atoms with Crippen LogP contribution in [0.3, 0.4) is 0 Å². The first-order valence-corrected chi connectivity index (χ1v) is 18.3. The molecule has 8 nitrogen and oxygen atoms in total. The van der Waals surface area contributed by atoms with E-state index in [2.05, 4.69) is 6.08 Å². The summed E-state index contributed by atoms with van der Waals surface area (Å²) in [6.45, 7) is 0. The summed E-state index contributed by atoms with van der Waals surface area (Å²) in [7, 11) is 0. The van der Waals surface area contributed by atoms with Crippen LogP contribution in [0.25, 0.3) is 32.3 Å². The molecule has 270 valence electrons. The second-order valence-corrected chi connectivity index (χ2v) is 13.3. The van der Waals surface area contributed by atoms with Crippen LogP contribution in [0.2, 0.25) is 0 Å². The van der Waals surface area contributed by atoms with E-state index < -0.39 is 0 Å². The molecule has 0 spiro atoms. The van der Waals surface area contributed by atoms with E-state index in [1.165, 1.54) is 0 Å². The molecular formula is C48H32N2O6. The van der Waals surface area contributed by atoms with Crippen LogP contribution in [0.4, 0.5) is 0 Å². The van der Waals surface area contributed by atoms with E-state index in [0.717, 1.165) is 38.1 Å². The SMILES string of the molecule is C1=CC2=CCCC(=C1)Oc1cc(c3ccccc3c1)Oc1cccc(n1)Oc1cc(c3ccccc3c1)Oc1cccc(n1)Oc1cc(c3ccccc3c1)O2. The molecule has 0 radical (unpaired) electrons. The zero-order chi connectivity index (χ0) is 37.3. The maximum atomic E-state index is 6.56. The Balaban J connectivity index is 1.09. The van der Waals surface area contributed by atoms with Crippen LogP contribution in [0, 0.1) is 0 Å². The van der Waals surface area contributed by atoms with E-state index in [1.54, 1.807) is 24.3 Å². The highest BCUT2D eigenvalue weighted by Gasteiger charge is 2.15. The normalized spacial score (nSPS) is 13.9.